The van der Waals surface area contributed by atoms with Crippen LogP contribution >= 0.6 is 0 Å². The molecule has 2 aromatic carbocycles. The lowest BCUT2D eigenvalue weighted by molar-refractivity contribution is 0.949. The standard InChI is InChI=1S/C22H24N6/c1-26(2)18-10-8-16(9-11-18)20-15-22(28-21(25-20)12-13-23-28)24-17-6-5-7-19(14-17)27(3)4/h5-15,24H,1-4H3. The Bertz CT molecular complexity index is 1100. The molecule has 0 saturated carbocycles. The van der Waals surface area contributed by atoms with Crippen LogP contribution in [0.4, 0.5) is 22.9 Å². The molecule has 0 unspecified atom stereocenters. The molecule has 142 valence electrons. The highest BCUT2D eigenvalue weighted by Gasteiger charge is 2.10. The van der Waals surface area contributed by atoms with Crippen molar-refractivity contribution in [3.8, 4) is 11.3 Å². The number of rotatable bonds is 5. The van der Waals surface area contributed by atoms with E-state index in [-0.39, 0.29) is 0 Å². The van der Waals surface area contributed by atoms with Crippen LogP contribution in [0.5, 0.6) is 0 Å². The summed E-state index contributed by atoms with van der Waals surface area (Å²) < 4.78 is 1.82. The van der Waals surface area contributed by atoms with Crippen LogP contribution in [-0.2, 0) is 0 Å². The third kappa shape index (κ3) is 3.49. The third-order valence-corrected chi connectivity index (χ3v) is 4.67. The zero-order valence-electron chi connectivity index (χ0n) is 16.6. The molecule has 0 aliphatic heterocycles. The van der Waals surface area contributed by atoms with E-state index >= 15 is 0 Å². The molecule has 0 fully saturated rings. The monoisotopic (exact) mass is 372 g/mol. The first kappa shape index (κ1) is 17.9. The number of aromatic nitrogens is 3. The topological polar surface area (TPSA) is 48.7 Å². The van der Waals surface area contributed by atoms with Crippen molar-refractivity contribution >= 4 is 28.5 Å². The molecule has 28 heavy (non-hydrogen) atoms. The minimum Gasteiger partial charge on any atom is -0.378 e. The summed E-state index contributed by atoms with van der Waals surface area (Å²) in [7, 11) is 8.14. The lowest BCUT2D eigenvalue weighted by atomic mass is 10.1. The minimum absolute atomic E-state index is 0.806. The van der Waals surface area contributed by atoms with Crippen molar-refractivity contribution in [3.63, 3.8) is 0 Å². The van der Waals surface area contributed by atoms with Gasteiger partial charge in [-0.25, -0.2) is 4.98 Å². The average Bonchev–Trinajstić information content (AvgIpc) is 3.17. The van der Waals surface area contributed by atoms with Gasteiger partial charge in [0, 0.05) is 62.9 Å². The van der Waals surface area contributed by atoms with Crippen LogP contribution in [0.2, 0.25) is 0 Å². The molecule has 0 aliphatic rings. The zero-order chi connectivity index (χ0) is 19.7. The fraction of sp³-hybridized carbons (Fsp3) is 0.182. The van der Waals surface area contributed by atoms with Crippen LogP contribution in [0.15, 0.2) is 66.9 Å². The summed E-state index contributed by atoms with van der Waals surface area (Å²) in [6.45, 7) is 0. The van der Waals surface area contributed by atoms with Gasteiger partial charge in [0.1, 0.15) is 5.82 Å². The Balaban J connectivity index is 1.74. The molecule has 0 amide bonds. The molecule has 0 radical (unpaired) electrons. The van der Waals surface area contributed by atoms with Gasteiger partial charge in [-0.15, -0.1) is 0 Å². The maximum Gasteiger partial charge on any atom is 0.157 e. The van der Waals surface area contributed by atoms with Gasteiger partial charge in [-0.05, 0) is 30.3 Å². The summed E-state index contributed by atoms with van der Waals surface area (Å²) in [5.74, 6) is 0.873. The summed E-state index contributed by atoms with van der Waals surface area (Å²) in [5.41, 5.74) is 6.08. The second kappa shape index (κ2) is 7.23. The summed E-state index contributed by atoms with van der Waals surface area (Å²) in [6.07, 6.45) is 1.77. The van der Waals surface area contributed by atoms with Gasteiger partial charge in [-0.2, -0.15) is 9.61 Å². The zero-order valence-corrected chi connectivity index (χ0v) is 16.6. The van der Waals surface area contributed by atoms with Crippen LogP contribution in [0.25, 0.3) is 16.9 Å². The number of nitrogens with zero attached hydrogens (tertiary/aromatic N) is 5. The van der Waals surface area contributed by atoms with Gasteiger partial charge in [0.25, 0.3) is 0 Å². The fourth-order valence-electron chi connectivity index (χ4n) is 3.09. The molecule has 2 aromatic heterocycles. The normalized spacial score (nSPS) is 10.9. The van der Waals surface area contributed by atoms with E-state index in [1.54, 1.807) is 6.20 Å². The summed E-state index contributed by atoms with van der Waals surface area (Å²) in [4.78, 5) is 8.93. The predicted octanol–water partition coefficient (Wildman–Crippen LogP) is 4.27. The van der Waals surface area contributed by atoms with Crippen LogP contribution in [0, 0.1) is 0 Å². The van der Waals surface area contributed by atoms with Crippen LogP contribution in [0.3, 0.4) is 0 Å². The second-order valence-corrected chi connectivity index (χ2v) is 7.14. The number of anilines is 4. The largest absolute Gasteiger partial charge is 0.378 e. The van der Waals surface area contributed by atoms with E-state index in [2.05, 4.69) is 56.6 Å². The maximum atomic E-state index is 4.77. The van der Waals surface area contributed by atoms with Crippen LogP contribution in [0.1, 0.15) is 0 Å². The van der Waals surface area contributed by atoms with Crippen molar-refractivity contribution in [1.82, 2.24) is 14.6 Å². The van der Waals surface area contributed by atoms with Crippen molar-refractivity contribution < 1.29 is 0 Å². The summed E-state index contributed by atoms with van der Waals surface area (Å²) >= 11 is 0. The number of hydrogen-bond donors (Lipinski definition) is 1. The van der Waals surface area contributed by atoms with Crippen LogP contribution in [-0.4, -0.2) is 42.8 Å². The molecule has 0 bridgehead atoms. The number of nitrogens with one attached hydrogen (secondary N) is 1. The van der Waals surface area contributed by atoms with Gasteiger partial charge in [0.15, 0.2) is 5.65 Å². The predicted molar refractivity (Wildman–Crippen MR) is 117 cm³/mol. The second-order valence-electron chi connectivity index (χ2n) is 7.14. The minimum atomic E-state index is 0.806. The maximum absolute atomic E-state index is 4.77. The number of fused-ring (bicyclic) bond motifs is 1. The first-order valence-electron chi connectivity index (χ1n) is 9.18. The van der Waals surface area contributed by atoms with Gasteiger partial charge in [0.05, 0.1) is 11.9 Å². The lowest BCUT2D eigenvalue weighted by Crippen LogP contribution is -2.09. The Kier molecular flexibility index (Phi) is 4.61. The van der Waals surface area contributed by atoms with Gasteiger partial charge >= 0.3 is 0 Å². The Hall–Kier alpha value is -3.54. The van der Waals surface area contributed by atoms with Crippen LogP contribution < -0.4 is 15.1 Å². The van der Waals surface area contributed by atoms with E-state index in [0.29, 0.717) is 0 Å². The molecule has 4 aromatic rings. The SMILES string of the molecule is CN(C)c1ccc(-c2cc(Nc3cccc(N(C)C)c3)n3nccc3n2)cc1. The van der Waals surface area contributed by atoms with E-state index < -0.39 is 0 Å². The average molecular weight is 372 g/mol. The van der Waals surface area contributed by atoms with E-state index in [4.69, 9.17) is 4.98 Å². The van der Waals surface area contributed by atoms with Crippen molar-refractivity contribution in [3.05, 3.63) is 66.9 Å². The fourth-order valence-corrected chi connectivity index (χ4v) is 3.09. The first-order chi connectivity index (χ1) is 13.5. The van der Waals surface area contributed by atoms with Crippen molar-refractivity contribution in [2.75, 3.05) is 43.3 Å². The highest BCUT2D eigenvalue weighted by atomic mass is 15.3. The van der Waals surface area contributed by atoms with Gasteiger partial charge in [-0.1, -0.05) is 18.2 Å². The molecule has 2 heterocycles. The first-order valence-corrected chi connectivity index (χ1v) is 9.18. The Labute approximate surface area is 165 Å². The molecule has 1 N–H and O–H groups in total. The molecule has 0 atom stereocenters. The lowest BCUT2D eigenvalue weighted by Gasteiger charge is -2.16. The molecule has 0 aliphatic carbocycles. The summed E-state index contributed by atoms with van der Waals surface area (Å²) in [5, 5.41) is 7.91. The third-order valence-electron chi connectivity index (χ3n) is 4.67. The molecule has 0 spiro atoms. The van der Waals surface area contributed by atoms with Gasteiger partial charge < -0.3 is 15.1 Å². The number of hydrogen-bond acceptors (Lipinski definition) is 5. The van der Waals surface area contributed by atoms with Gasteiger partial charge in [-0.3, -0.25) is 0 Å². The number of benzene rings is 2. The van der Waals surface area contributed by atoms with Crippen molar-refractivity contribution in [1.29, 1.82) is 0 Å². The van der Waals surface area contributed by atoms with E-state index in [1.807, 2.05) is 57.0 Å². The Morgan fingerprint density at radius 1 is 0.821 bits per heavy atom. The van der Waals surface area contributed by atoms with E-state index in [0.717, 1.165) is 39.8 Å². The van der Waals surface area contributed by atoms with Crippen molar-refractivity contribution in [2.24, 2.45) is 0 Å². The van der Waals surface area contributed by atoms with E-state index in [1.165, 1.54) is 0 Å². The van der Waals surface area contributed by atoms with Gasteiger partial charge in [0.2, 0.25) is 0 Å². The summed E-state index contributed by atoms with van der Waals surface area (Å²) in [6, 6.07) is 20.6. The molecule has 4 rings (SSSR count). The highest BCUT2D eigenvalue weighted by molar-refractivity contribution is 5.71. The quantitative estimate of drug-likeness (QED) is 0.567. The smallest absolute Gasteiger partial charge is 0.157 e. The highest BCUT2D eigenvalue weighted by Crippen LogP contribution is 2.27. The Morgan fingerprint density at radius 2 is 1.57 bits per heavy atom. The molecular weight excluding hydrogens is 348 g/mol. The Morgan fingerprint density at radius 3 is 2.29 bits per heavy atom. The molecule has 0 saturated heterocycles. The molecular formula is C22H24N6. The molecule has 6 nitrogen and oxygen atoms in total. The van der Waals surface area contributed by atoms with E-state index in [9.17, 15) is 0 Å². The van der Waals surface area contributed by atoms with Crippen molar-refractivity contribution in [2.45, 2.75) is 0 Å². The molecule has 6 heteroatoms.